The highest BCUT2D eigenvalue weighted by Gasteiger charge is 2.07. The van der Waals surface area contributed by atoms with Crippen molar-refractivity contribution in [2.75, 3.05) is 0 Å². The van der Waals surface area contributed by atoms with E-state index in [2.05, 4.69) is 5.10 Å². The Kier molecular flexibility index (Phi) is 2.97. The average molecular weight is 195 g/mol. The summed E-state index contributed by atoms with van der Waals surface area (Å²) in [5.41, 5.74) is 7.87. The second-order valence-electron chi connectivity index (χ2n) is 2.43. The van der Waals surface area contributed by atoms with Gasteiger partial charge in [0.15, 0.2) is 5.84 Å². The Bertz CT molecular complexity index is 376. The fourth-order valence-electron chi connectivity index (χ4n) is 0.913. The maximum absolute atomic E-state index is 10.4. The maximum atomic E-state index is 10.4. The van der Waals surface area contributed by atoms with Gasteiger partial charge in [-0.25, -0.2) is 11.4 Å². The summed E-state index contributed by atoms with van der Waals surface area (Å²) < 4.78 is 0. The molecule has 0 spiro atoms. The minimum absolute atomic E-state index is 0.0438. The molecule has 74 valence electrons. The van der Waals surface area contributed by atoms with E-state index in [1.165, 1.54) is 18.2 Å². The van der Waals surface area contributed by atoms with Crippen molar-refractivity contribution in [2.24, 2.45) is 16.7 Å². The number of nitrogens with zero attached hydrogens (tertiary/aromatic N) is 2. The fraction of sp³-hybridized carbons (Fsp3) is 0. The number of hydrogen-bond donors (Lipinski definition) is 3. The van der Waals surface area contributed by atoms with Crippen LogP contribution in [-0.4, -0.2) is 10.8 Å². The molecular formula is C7H9N5O2. The van der Waals surface area contributed by atoms with Crippen LogP contribution in [0.4, 0.5) is 5.69 Å². The summed E-state index contributed by atoms with van der Waals surface area (Å²) in [6, 6.07) is 5.80. The van der Waals surface area contributed by atoms with Gasteiger partial charge >= 0.3 is 0 Å². The van der Waals surface area contributed by atoms with E-state index in [1.54, 1.807) is 6.07 Å². The SMILES string of the molecule is NN/N=C(\N)c1cccc([N+](=O)[O-])c1. The lowest BCUT2D eigenvalue weighted by molar-refractivity contribution is -0.384. The van der Waals surface area contributed by atoms with Crippen LogP contribution < -0.4 is 17.1 Å². The van der Waals surface area contributed by atoms with E-state index in [1.807, 2.05) is 5.53 Å². The summed E-state index contributed by atoms with van der Waals surface area (Å²) in [5.74, 6) is 5.01. The number of nitrogens with two attached hydrogens (primary N) is 2. The summed E-state index contributed by atoms with van der Waals surface area (Å²) in [6.45, 7) is 0. The molecule has 7 nitrogen and oxygen atoms in total. The molecule has 0 aliphatic rings. The van der Waals surface area contributed by atoms with Gasteiger partial charge in [0.05, 0.1) is 4.92 Å². The molecule has 0 atom stereocenters. The molecule has 1 aromatic carbocycles. The predicted molar refractivity (Wildman–Crippen MR) is 51.1 cm³/mol. The molecule has 5 N–H and O–H groups in total. The molecule has 0 aromatic heterocycles. The zero-order valence-electron chi connectivity index (χ0n) is 7.18. The van der Waals surface area contributed by atoms with Gasteiger partial charge in [-0.2, -0.15) is 0 Å². The Morgan fingerprint density at radius 1 is 1.57 bits per heavy atom. The van der Waals surface area contributed by atoms with Gasteiger partial charge in [-0.05, 0) is 0 Å². The molecule has 7 heteroatoms. The molecule has 0 radical (unpaired) electrons. The van der Waals surface area contributed by atoms with Crippen molar-refractivity contribution in [1.29, 1.82) is 0 Å². The fourth-order valence-corrected chi connectivity index (χ4v) is 0.913. The Labute approximate surface area is 79.5 Å². The van der Waals surface area contributed by atoms with E-state index in [0.29, 0.717) is 5.56 Å². The number of amidine groups is 1. The minimum atomic E-state index is -0.507. The van der Waals surface area contributed by atoms with Crippen molar-refractivity contribution < 1.29 is 4.92 Å². The molecule has 0 aliphatic heterocycles. The number of nitrogens with one attached hydrogen (secondary N) is 1. The largest absolute Gasteiger partial charge is 0.382 e. The Balaban J connectivity index is 3.05. The first kappa shape index (κ1) is 9.93. The molecule has 0 saturated heterocycles. The molecule has 0 amide bonds. The van der Waals surface area contributed by atoms with Crippen molar-refractivity contribution in [3.8, 4) is 0 Å². The van der Waals surface area contributed by atoms with Crippen molar-refractivity contribution in [3.63, 3.8) is 0 Å². The van der Waals surface area contributed by atoms with Crippen LogP contribution in [-0.2, 0) is 0 Å². The normalized spacial score (nSPS) is 11.1. The second-order valence-corrected chi connectivity index (χ2v) is 2.43. The van der Waals surface area contributed by atoms with Crippen molar-refractivity contribution in [2.45, 2.75) is 0 Å². The Morgan fingerprint density at radius 2 is 2.29 bits per heavy atom. The third kappa shape index (κ3) is 2.17. The van der Waals surface area contributed by atoms with Crippen molar-refractivity contribution >= 4 is 11.5 Å². The summed E-state index contributed by atoms with van der Waals surface area (Å²) in [4.78, 5) is 9.91. The van der Waals surface area contributed by atoms with Crippen molar-refractivity contribution in [1.82, 2.24) is 5.53 Å². The van der Waals surface area contributed by atoms with Crippen molar-refractivity contribution in [3.05, 3.63) is 39.9 Å². The maximum Gasteiger partial charge on any atom is 0.270 e. The Morgan fingerprint density at radius 3 is 2.86 bits per heavy atom. The van der Waals surface area contributed by atoms with E-state index in [0.717, 1.165) is 0 Å². The molecule has 14 heavy (non-hydrogen) atoms. The Hall–Kier alpha value is -2.15. The molecule has 0 bridgehead atoms. The first-order valence-electron chi connectivity index (χ1n) is 3.68. The number of nitro groups is 1. The van der Waals surface area contributed by atoms with Crippen LogP contribution in [0.3, 0.4) is 0 Å². The number of hydrazone groups is 1. The minimum Gasteiger partial charge on any atom is -0.382 e. The lowest BCUT2D eigenvalue weighted by Gasteiger charge is -1.99. The van der Waals surface area contributed by atoms with Gasteiger partial charge in [-0.1, -0.05) is 12.1 Å². The highest BCUT2D eigenvalue weighted by atomic mass is 16.6. The zero-order valence-corrected chi connectivity index (χ0v) is 7.18. The van der Waals surface area contributed by atoms with E-state index >= 15 is 0 Å². The van der Waals surface area contributed by atoms with Crippen LogP contribution in [0.25, 0.3) is 0 Å². The van der Waals surface area contributed by atoms with Crippen LogP contribution in [0, 0.1) is 10.1 Å². The lowest BCUT2D eigenvalue weighted by Crippen LogP contribution is -2.23. The number of nitro benzene ring substituents is 1. The summed E-state index contributed by atoms with van der Waals surface area (Å²) >= 11 is 0. The highest BCUT2D eigenvalue weighted by molar-refractivity contribution is 5.97. The molecule has 1 aromatic rings. The van der Waals surface area contributed by atoms with Crippen LogP contribution in [0.2, 0.25) is 0 Å². The van der Waals surface area contributed by atoms with Gasteiger partial charge in [0.1, 0.15) is 0 Å². The quantitative estimate of drug-likeness (QED) is 0.201. The van der Waals surface area contributed by atoms with E-state index in [9.17, 15) is 10.1 Å². The summed E-state index contributed by atoms with van der Waals surface area (Å²) in [7, 11) is 0. The van der Waals surface area contributed by atoms with E-state index in [-0.39, 0.29) is 11.5 Å². The topological polar surface area (TPSA) is 120 Å². The monoisotopic (exact) mass is 195 g/mol. The average Bonchev–Trinajstić information content (AvgIpc) is 2.18. The third-order valence-corrected chi connectivity index (χ3v) is 1.54. The first-order valence-corrected chi connectivity index (χ1v) is 3.68. The van der Waals surface area contributed by atoms with Gasteiger partial charge in [-0.15, -0.1) is 5.10 Å². The molecule has 0 saturated carbocycles. The van der Waals surface area contributed by atoms with Crippen LogP contribution >= 0.6 is 0 Å². The number of non-ortho nitro benzene ring substituents is 1. The van der Waals surface area contributed by atoms with Crippen LogP contribution in [0.5, 0.6) is 0 Å². The molecule has 1 rings (SSSR count). The number of hydrogen-bond acceptors (Lipinski definition) is 5. The lowest BCUT2D eigenvalue weighted by atomic mass is 10.2. The second kappa shape index (κ2) is 4.19. The van der Waals surface area contributed by atoms with Crippen LogP contribution in [0.15, 0.2) is 29.4 Å². The standard InChI is InChI=1S/C7H9N5O2/c8-7(10-11-9)5-2-1-3-6(4-5)12(13)14/h1-4,11H,9H2,(H2,8,10). The molecule has 0 unspecified atom stereocenters. The highest BCUT2D eigenvalue weighted by Crippen LogP contribution is 2.12. The molecular weight excluding hydrogens is 186 g/mol. The van der Waals surface area contributed by atoms with E-state index < -0.39 is 4.92 Å². The predicted octanol–water partition coefficient (Wildman–Crippen LogP) is -0.322. The molecule has 0 heterocycles. The zero-order chi connectivity index (χ0) is 10.6. The third-order valence-electron chi connectivity index (χ3n) is 1.54. The summed E-state index contributed by atoms with van der Waals surface area (Å²) in [6.07, 6.45) is 0. The smallest absolute Gasteiger partial charge is 0.270 e. The number of benzene rings is 1. The van der Waals surface area contributed by atoms with Gasteiger partial charge in [0, 0.05) is 17.7 Å². The van der Waals surface area contributed by atoms with Gasteiger partial charge < -0.3 is 5.73 Å². The molecule has 0 aliphatic carbocycles. The summed E-state index contributed by atoms with van der Waals surface area (Å²) in [5, 5.41) is 13.9. The number of rotatable bonds is 3. The van der Waals surface area contributed by atoms with Gasteiger partial charge in [-0.3, -0.25) is 10.1 Å². The first-order chi connectivity index (χ1) is 6.65. The van der Waals surface area contributed by atoms with E-state index in [4.69, 9.17) is 11.6 Å². The molecule has 0 fully saturated rings. The van der Waals surface area contributed by atoms with Gasteiger partial charge in [0.2, 0.25) is 0 Å². The van der Waals surface area contributed by atoms with Crippen LogP contribution in [0.1, 0.15) is 5.56 Å². The number of hydrazine groups is 1. The van der Waals surface area contributed by atoms with Gasteiger partial charge in [0.25, 0.3) is 5.69 Å².